The summed E-state index contributed by atoms with van der Waals surface area (Å²) in [6.07, 6.45) is 0. The highest BCUT2D eigenvalue weighted by molar-refractivity contribution is 7.99. The number of nitrogens with one attached hydrogen (secondary N) is 1. The Morgan fingerprint density at radius 3 is 2.76 bits per heavy atom. The predicted octanol–water partition coefficient (Wildman–Crippen LogP) is 1.66. The lowest BCUT2D eigenvalue weighted by molar-refractivity contribution is -0.113. The number of aryl methyl sites for hydroxylation is 2. The Morgan fingerprint density at radius 2 is 2.08 bits per heavy atom. The third-order valence-corrected chi connectivity index (χ3v) is 4.27. The highest BCUT2D eigenvalue weighted by Gasteiger charge is 2.16. The molecule has 1 amide bonds. The zero-order chi connectivity index (χ0) is 18.0. The number of thioether (sulfide) groups is 1. The topological polar surface area (TPSA) is 104 Å². The van der Waals surface area contributed by atoms with Crippen LogP contribution in [0.25, 0.3) is 5.95 Å². The van der Waals surface area contributed by atoms with E-state index in [-0.39, 0.29) is 17.3 Å². The average molecular weight is 361 g/mol. The number of hydrogen-bond donors (Lipinski definition) is 2. The van der Waals surface area contributed by atoms with Gasteiger partial charge in [0.15, 0.2) is 0 Å². The number of amides is 1. The number of para-hydroxylation sites is 1. The van der Waals surface area contributed by atoms with E-state index in [0.717, 1.165) is 23.1 Å². The molecule has 3 rings (SSSR count). The van der Waals surface area contributed by atoms with E-state index in [1.165, 1.54) is 16.8 Å². The Hall–Kier alpha value is -2.88. The number of carbonyl (C=O) groups is 1. The molecule has 0 spiro atoms. The second kappa shape index (κ2) is 6.93. The van der Waals surface area contributed by atoms with Crippen LogP contribution in [0.2, 0.25) is 0 Å². The van der Waals surface area contributed by atoms with Gasteiger partial charge >= 0.3 is 0 Å². The van der Waals surface area contributed by atoms with Crippen LogP contribution >= 0.6 is 11.8 Å². The first-order valence-electron chi connectivity index (χ1n) is 7.37. The molecule has 0 aliphatic rings. The van der Waals surface area contributed by atoms with Gasteiger partial charge in [-0.05, 0) is 32.0 Å². The van der Waals surface area contributed by atoms with Crippen molar-refractivity contribution in [1.82, 2.24) is 24.7 Å². The summed E-state index contributed by atoms with van der Waals surface area (Å²) >= 11 is 1.10. The van der Waals surface area contributed by atoms with E-state index in [1.54, 1.807) is 16.8 Å². The standard InChI is InChI=1S/C15H16FN7OS/c1-9-7-10(2)23(21-9)14-19-20-15(22(14)17)25-8-13(24)18-12-6-4-3-5-11(12)16/h3-7H,8,17H2,1-2H3,(H,18,24). The number of rotatable bonds is 5. The maximum Gasteiger partial charge on any atom is 0.271 e. The summed E-state index contributed by atoms with van der Waals surface area (Å²) in [4.78, 5) is 12.0. The van der Waals surface area contributed by atoms with E-state index in [4.69, 9.17) is 5.84 Å². The number of anilines is 1. The molecule has 1 aromatic carbocycles. The van der Waals surface area contributed by atoms with Gasteiger partial charge in [-0.3, -0.25) is 4.79 Å². The molecule has 0 aliphatic carbocycles. The van der Waals surface area contributed by atoms with Crippen LogP contribution < -0.4 is 11.2 Å². The van der Waals surface area contributed by atoms with Crippen LogP contribution in [0.5, 0.6) is 0 Å². The molecule has 2 heterocycles. The molecule has 3 N–H and O–H groups in total. The van der Waals surface area contributed by atoms with E-state index in [2.05, 4.69) is 20.6 Å². The van der Waals surface area contributed by atoms with Gasteiger partial charge in [-0.1, -0.05) is 23.9 Å². The second-order valence-electron chi connectivity index (χ2n) is 5.31. The van der Waals surface area contributed by atoms with Crippen LogP contribution in [0.4, 0.5) is 10.1 Å². The summed E-state index contributed by atoms with van der Waals surface area (Å²) in [7, 11) is 0. The first-order valence-corrected chi connectivity index (χ1v) is 8.35. The van der Waals surface area contributed by atoms with Gasteiger partial charge in [-0.2, -0.15) is 5.10 Å². The molecule has 0 atom stereocenters. The molecule has 25 heavy (non-hydrogen) atoms. The van der Waals surface area contributed by atoms with E-state index in [9.17, 15) is 9.18 Å². The maximum absolute atomic E-state index is 13.5. The highest BCUT2D eigenvalue weighted by Crippen LogP contribution is 2.18. The molecule has 3 aromatic rings. The number of carbonyl (C=O) groups excluding carboxylic acids is 1. The summed E-state index contributed by atoms with van der Waals surface area (Å²) < 4.78 is 16.4. The van der Waals surface area contributed by atoms with Crippen LogP contribution in [-0.4, -0.2) is 36.3 Å². The predicted molar refractivity (Wildman–Crippen MR) is 92.5 cm³/mol. The van der Waals surface area contributed by atoms with Gasteiger partial charge in [0.25, 0.3) is 5.95 Å². The third kappa shape index (κ3) is 3.63. The van der Waals surface area contributed by atoms with Crippen molar-refractivity contribution >= 4 is 23.4 Å². The summed E-state index contributed by atoms with van der Waals surface area (Å²) in [6, 6.07) is 7.85. The normalized spacial score (nSPS) is 10.8. The van der Waals surface area contributed by atoms with Crippen LogP contribution in [-0.2, 0) is 4.79 Å². The summed E-state index contributed by atoms with van der Waals surface area (Å²) in [5.74, 6) is 5.50. The van der Waals surface area contributed by atoms with Crippen molar-refractivity contribution in [2.24, 2.45) is 0 Å². The minimum absolute atomic E-state index is 0.0147. The van der Waals surface area contributed by atoms with E-state index in [0.29, 0.717) is 11.1 Å². The zero-order valence-corrected chi connectivity index (χ0v) is 14.4. The van der Waals surface area contributed by atoms with Crippen LogP contribution in [0.1, 0.15) is 11.4 Å². The van der Waals surface area contributed by atoms with Gasteiger partial charge in [-0.15, -0.1) is 10.2 Å². The van der Waals surface area contributed by atoms with Crippen molar-refractivity contribution in [1.29, 1.82) is 0 Å². The van der Waals surface area contributed by atoms with E-state index >= 15 is 0 Å². The summed E-state index contributed by atoms with van der Waals surface area (Å²) in [5, 5.41) is 15.1. The highest BCUT2D eigenvalue weighted by atomic mass is 32.2. The first kappa shape index (κ1) is 17.0. The Kier molecular flexibility index (Phi) is 4.70. The maximum atomic E-state index is 13.5. The Morgan fingerprint density at radius 1 is 1.32 bits per heavy atom. The fourth-order valence-electron chi connectivity index (χ4n) is 2.22. The molecule has 10 heteroatoms. The molecule has 130 valence electrons. The molecular weight excluding hydrogens is 345 g/mol. The van der Waals surface area contributed by atoms with Gasteiger partial charge in [0.2, 0.25) is 11.1 Å². The van der Waals surface area contributed by atoms with Crippen molar-refractivity contribution < 1.29 is 9.18 Å². The number of nitrogens with two attached hydrogens (primary N) is 1. The second-order valence-corrected chi connectivity index (χ2v) is 6.25. The van der Waals surface area contributed by atoms with E-state index < -0.39 is 5.82 Å². The molecule has 0 radical (unpaired) electrons. The van der Waals surface area contributed by atoms with Gasteiger partial charge in [0.05, 0.1) is 17.1 Å². The fourth-order valence-corrected chi connectivity index (χ4v) is 2.87. The SMILES string of the molecule is Cc1cc(C)n(-c2nnc(SCC(=O)Nc3ccccc3F)n2N)n1. The molecule has 0 fully saturated rings. The quantitative estimate of drug-likeness (QED) is 0.529. The Balaban J connectivity index is 1.67. The smallest absolute Gasteiger partial charge is 0.271 e. The molecule has 0 unspecified atom stereocenters. The van der Waals surface area contributed by atoms with Crippen LogP contribution in [0, 0.1) is 19.7 Å². The van der Waals surface area contributed by atoms with Crippen molar-refractivity contribution in [2.45, 2.75) is 19.0 Å². The van der Waals surface area contributed by atoms with Crippen molar-refractivity contribution in [2.75, 3.05) is 16.9 Å². The Bertz CT molecular complexity index is 920. The van der Waals surface area contributed by atoms with Crippen LogP contribution in [0.3, 0.4) is 0 Å². The number of halogens is 1. The van der Waals surface area contributed by atoms with E-state index in [1.807, 2.05) is 19.9 Å². The summed E-state index contributed by atoms with van der Waals surface area (Å²) in [5.41, 5.74) is 1.83. The van der Waals surface area contributed by atoms with Crippen LogP contribution in [0.15, 0.2) is 35.5 Å². The van der Waals surface area contributed by atoms with Gasteiger partial charge in [-0.25, -0.2) is 13.7 Å². The average Bonchev–Trinajstić information content (AvgIpc) is 3.09. The largest absolute Gasteiger partial charge is 0.334 e. The monoisotopic (exact) mass is 361 g/mol. The molecule has 8 nitrogen and oxygen atoms in total. The molecule has 0 saturated heterocycles. The lowest BCUT2D eigenvalue weighted by atomic mass is 10.3. The zero-order valence-electron chi connectivity index (χ0n) is 13.6. The minimum Gasteiger partial charge on any atom is -0.334 e. The molecule has 2 aromatic heterocycles. The molecular formula is C15H16FN7OS. The number of nitrogen functional groups attached to an aromatic ring is 1. The lowest BCUT2D eigenvalue weighted by Gasteiger charge is -2.06. The number of hydrogen-bond acceptors (Lipinski definition) is 6. The minimum atomic E-state index is -0.491. The fraction of sp³-hybridized carbons (Fsp3) is 0.200. The number of aromatic nitrogens is 5. The van der Waals surface area contributed by atoms with Crippen molar-refractivity contribution in [3.63, 3.8) is 0 Å². The molecule has 0 saturated carbocycles. The first-order chi connectivity index (χ1) is 12.0. The number of benzene rings is 1. The summed E-state index contributed by atoms with van der Waals surface area (Å²) in [6.45, 7) is 3.74. The van der Waals surface area contributed by atoms with Gasteiger partial charge in [0.1, 0.15) is 5.82 Å². The third-order valence-electron chi connectivity index (χ3n) is 3.33. The van der Waals surface area contributed by atoms with Crippen molar-refractivity contribution in [3.05, 3.63) is 47.5 Å². The van der Waals surface area contributed by atoms with Crippen molar-refractivity contribution in [3.8, 4) is 5.95 Å². The van der Waals surface area contributed by atoms with Gasteiger partial charge in [0, 0.05) is 5.69 Å². The molecule has 0 aliphatic heterocycles. The number of nitrogens with zero attached hydrogens (tertiary/aromatic N) is 5. The van der Waals surface area contributed by atoms with Gasteiger partial charge < -0.3 is 11.2 Å². The Labute approximate surface area is 147 Å². The molecule has 0 bridgehead atoms. The lowest BCUT2D eigenvalue weighted by Crippen LogP contribution is -2.19.